The van der Waals surface area contributed by atoms with E-state index in [0.29, 0.717) is 15.1 Å². The maximum absolute atomic E-state index is 6.23. The predicted octanol–water partition coefficient (Wildman–Crippen LogP) is 9.36. The van der Waals surface area contributed by atoms with Crippen LogP contribution in [0.15, 0.2) is 109 Å². The van der Waals surface area contributed by atoms with Crippen molar-refractivity contribution in [3.8, 4) is 45.0 Å². The van der Waals surface area contributed by atoms with E-state index in [1.54, 1.807) is 0 Å². The highest BCUT2D eigenvalue weighted by molar-refractivity contribution is 6.31. The number of imidazole rings is 1. The molecule has 0 saturated heterocycles. The van der Waals surface area contributed by atoms with E-state index < -0.39 is 0 Å². The molecule has 2 aromatic heterocycles. The van der Waals surface area contributed by atoms with Crippen molar-refractivity contribution < 1.29 is 0 Å². The van der Waals surface area contributed by atoms with Crippen LogP contribution in [0.4, 0.5) is 0 Å². The van der Waals surface area contributed by atoms with Crippen LogP contribution in [0.5, 0.6) is 0 Å². The van der Waals surface area contributed by atoms with E-state index in [9.17, 15) is 0 Å². The molecule has 3 nitrogen and oxygen atoms in total. The number of aromatic nitrogens is 3. The molecule has 0 spiro atoms. The molecule has 0 aliphatic carbocycles. The van der Waals surface area contributed by atoms with Crippen molar-refractivity contribution in [2.75, 3.05) is 0 Å². The van der Waals surface area contributed by atoms with E-state index in [0.717, 1.165) is 50.7 Å². The number of fused-ring (bicyclic) bond motifs is 1. The number of benzene rings is 4. The summed E-state index contributed by atoms with van der Waals surface area (Å²) in [4.78, 5) is 10.2. The van der Waals surface area contributed by atoms with Gasteiger partial charge in [-0.2, -0.15) is 0 Å². The minimum absolute atomic E-state index is 0.668. The summed E-state index contributed by atoms with van der Waals surface area (Å²) < 4.78 is 2.12. The summed E-state index contributed by atoms with van der Waals surface area (Å²) >= 11 is 18.6. The van der Waals surface area contributed by atoms with Crippen LogP contribution in [0.3, 0.4) is 0 Å². The van der Waals surface area contributed by atoms with Gasteiger partial charge < -0.3 is 0 Å². The van der Waals surface area contributed by atoms with E-state index in [1.165, 1.54) is 0 Å². The van der Waals surface area contributed by atoms with Gasteiger partial charge in [0.05, 0.1) is 17.1 Å². The quantitative estimate of drug-likeness (QED) is 0.229. The molecule has 0 amide bonds. The second kappa shape index (κ2) is 9.44. The predicted molar refractivity (Wildman–Crippen MR) is 150 cm³/mol. The number of hydrogen-bond acceptors (Lipinski definition) is 2. The molecule has 174 valence electrons. The summed E-state index contributed by atoms with van der Waals surface area (Å²) in [5.41, 5.74) is 8.00. The summed E-state index contributed by atoms with van der Waals surface area (Å²) in [7, 11) is 0. The van der Waals surface area contributed by atoms with Gasteiger partial charge >= 0.3 is 0 Å². The Hall–Kier alpha value is -3.63. The molecule has 0 fully saturated rings. The smallest absolute Gasteiger partial charge is 0.164 e. The zero-order valence-electron chi connectivity index (χ0n) is 18.9. The minimum atomic E-state index is 0.668. The van der Waals surface area contributed by atoms with Gasteiger partial charge in [0, 0.05) is 43.5 Å². The second-order valence-corrected chi connectivity index (χ2v) is 9.67. The highest BCUT2D eigenvalue weighted by Crippen LogP contribution is 2.37. The van der Waals surface area contributed by atoms with Gasteiger partial charge in [0.25, 0.3) is 0 Å². The van der Waals surface area contributed by atoms with E-state index in [2.05, 4.69) is 16.5 Å². The van der Waals surface area contributed by atoms with Crippen LogP contribution in [0.25, 0.3) is 50.7 Å². The standard InChI is InChI=1S/C30H18Cl3N3/c31-23-12-6-20(7-13-23)27-29(22-10-16-25(33)17-11-22)36-18-26(19-4-2-1-3-5-19)34-28(30(36)35-27)21-8-14-24(32)15-9-21/h1-18H. The Labute approximate surface area is 223 Å². The van der Waals surface area contributed by atoms with Gasteiger partial charge in [0.15, 0.2) is 5.65 Å². The molecule has 6 rings (SSSR count). The third-order valence-electron chi connectivity index (χ3n) is 6.03. The van der Waals surface area contributed by atoms with Crippen LogP contribution in [0, 0.1) is 0 Å². The van der Waals surface area contributed by atoms with Crippen molar-refractivity contribution in [1.82, 2.24) is 14.4 Å². The summed E-state index contributed by atoms with van der Waals surface area (Å²) in [6.45, 7) is 0. The first-order valence-corrected chi connectivity index (χ1v) is 12.5. The SMILES string of the molecule is Clc1ccc(-c2nc3c(-c4ccc(Cl)cc4)nc(-c4ccccc4)cn3c2-c2ccc(Cl)cc2)cc1. The Morgan fingerprint density at radius 1 is 0.472 bits per heavy atom. The van der Waals surface area contributed by atoms with Crippen molar-refractivity contribution in [3.63, 3.8) is 0 Å². The molecule has 0 N–H and O–H groups in total. The van der Waals surface area contributed by atoms with E-state index in [1.807, 2.05) is 97.2 Å². The van der Waals surface area contributed by atoms with Gasteiger partial charge in [0.2, 0.25) is 0 Å². The fraction of sp³-hybridized carbons (Fsp3) is 0. The summed E-state index contributed by atoms with van der Waals surface area (Å²) in [5, 5.41) is 2.01. The molecule has 0 atom stereocenters. The average Bonchev–Trinajstić information content (AvgIpc) is 3.29. The first-order chi connectivity index (χ1) is 17.6. The van der Waals surface area contributed by atoms with Gasteiger partial charge in [0.1, 0.15) is 5.69 Å². The van der Waals surface area contributed by atoms with Crippen molar-refractivity contribution in [2.45, 2.75) is 0 Å². The maximum atomic E-state index is 6.23. The highest BCUT2D eigenvalue weighted by Gasteiger charge is 2.21. The molecule has 0 aliphatic rings. The number of nitrogens with zero attached hydrogens (tertiary/aromatic N) is 3. The van der Waals surface area contributed by atoms with Gasteiger partial charge in [-0.15, -0.1) is 0 Å². The first-order valence-electron chi connectivity index (χ1n) is 11.3. The zero-order chi connectivity index (χ0) is 24.6. The summed E-state index contributed by atoms with van der Waals surface area (Å²) in [6.07, 6.45) is 2.04. The first kappa shape index (κ1) is 22.8. The topological polar surface area (TPSA) is 30.2 Å². The van der Waals surface area contributed by atoms with E-state index in [4.69, 9.17) is 44.8 Å². The number of hydrogen-bond donors (Lipinski definition) is 0. The molecule has 0 bridgehead atoms. The summed E-state index contributed by atoms with van der Waals surface area (Å²) in [5.74, 6) is 0. The molecule has 4 aromatic carbocycles. The molecular weight excluding hydrogens is 509 g/mol. The Balaban J connectivity index is 1.72. The fourth-order valence-corrected chi connectivity index (χ4v) is 4.67. The third kappa shape index (κ3) is 4.27. The van der Waals surface area contributed by atoms with Crippen LogP contribution < -0.4 is 0 Å². The lowest BCUT2D eigenvalue weighted by atomic mass is 10.0. The van der Waals surface area contributed by atoms with Gasteiger partial charge in [-0.25, -0.2) is 9.97 Å². The van der Waals surface area contributed by atoms with E-state index in [-0.39, 0.29) is 0 Å². The summed E-state index contributed by atoms with van der Waals surface area (Å²) in [6, 6.07) is 33.3. The lowest BCUT2D eigenvalue weighted by Crippen LogP contribution is -1.98. The van der Waals surface area contributed by atoms with Crippen LogP contribution in [-0.2, 0) is 0 Å². The number of halogens is 3. The van der Waals surface area contributed by atoms with Crippen LogP contribution in [0.1, 0.15) is 0 Å². The fourth-order valence-electron chi connectivity index (χ4n) is 4.29. The van der Waals surface area contributed by atoms with Crippen LogP contribution >= 0.6 is 34.8 Å². The lowest BCUT2D eigenvalue weighted by Gasteiger charge is -2.11. The lowest BCUT2D eigenvalue weighted by molar-refractivity contribution is 1.14. The average molecular weight is 527 g/mol. The molecule has 0 aliphatic heterocycles. The normalized spacial score (nSPS) is 11.2. The van der Waals surface area contributed by atoms with Gasteiger partial charge in [-0.05, 0) is 36.4 Å². The van der Waals surface area contributed by atoms with Gasteiger partial charge in [-0.1, -0.05) is 102 Å². The molecule has 0 saturated carbocycles. The Bertz CT molecular complexity index is 1670. The van der Waals surface area contributed by atoms with Crippen LogP contribution in [0.2, 0.25) is 15.1 Å². The molecule has 6 heteroatoms. The Kier molecular flexibility index (Phi) is 5.98. The third-order valence-corrected chi connectivity index (χ3v) is 6.79. The number of rotatable bonds is 4. The van der Waals surface area contributed by atoms with Crippen molar-refractivity contribution in [2.24, 2.45) is 0 Å². The highest BCUT2D eigenvalue weighted by atomic mass is 35.5. The largest absolute Gasteiger partial charge is 0.295 e. The Morgan fingerprint density at radius 3 is 1.53 bits per heavy atom. The van der Waals surface area contributed by atoms with E-state index >= 15 is 0 Å². The minimum Gasteiger partial charge on any atom is -0.295 e. The maximum Gasteiger partial charge on any atom is 0.164 e. The monoisotopic (exact) mass is 525 g/mol. The molecule has 2 heterocycles. The van der Waals surface area contributed by atoms with Crippen molar-refractivity contribution in [3.05, 3.63) is 124 Å². The van der Waals surface area contributed by atoms with Crippen LogP contribution in [-0.4, -0.2) is 14.4 Å². The van der Waals surface area contributed by atoms with Gasteiger partial charge in [-0.3, -0.25) is 4.40 Å². The molecule has 0 unspecified atom stereocenters. The zero-order valence-corrected chi connectivity index (χ0v) is 21.1. The van der Waals surface area contributed by atoms with Crippen molar-refractivity contribution >= 4 is 40.4 Å². The van der Waals surface area contributed by atoms with Crippen molar-refractivity contribution in [1.29, 1.82) is 0 Å². The second-order valence-electron chi connectivity index (χ2n) is 8.36. The Morgan fingerprint density at radius 2 is 0.972 bits per heavy atom. The molecule has 6 aromatic rings. The molecule has 0 radical (unpaired) electrons. The molecular formula is C30H18Cl3N3. The molecule has 36 heavy (non-hydrogen) atoms.